The second kappa shape index (κ2) is 6.20. The molecule has 2 rings (SSSR count). The zero-order valence-electron chi connectivity index (χ0n) is 11.2. The van der Waals surface area contributed by atoms with E-state index in [-0.39, 0.29) is 11.7 Å². The van der Waals surface area contributed by atoms with Crippen molar-refractivity contribution in [2.24, 2.45) is 7.05 Å². The molecule has 1 unspecified atom stereocenters. The highest BCUT2D eigenvalue weighted by Gasteiger charge is 2.17. The lowest BCUT2D eigenvalue weighted by atomic mass is 9.95. The Morgan fingerprint density at radius 1 is 1.37 bits per heavy atom. The molecular weight excluding hydrogens is 263 g/mol. The third-order valence-corrected chi connectivity index (χ3v) is 3.75. The Morgan fingerprint density at radius 2 is 2.11 bits per heavy atom. The third kappa shape index (κ3) is 3.16. The zero-order chi connectivity index (χ0) is 13.8. The monoisotopic (exact) mass is 280 g/mol. The average Bonchev–Trinajstić information content (AvgIpc) is 2.77. The van der Waals surface area contributed by atoms with Crippen LogP contribution >= 0.6 is 11.6 Å². The van der Waals surface area contributed by atoms with E-state index in [2.05, 4.69) is 18.1 Å². The van der Waals surface area contributed by atoms with Crippen molar-refractivity contribution in [2.45, 2.75) is 25.7 Å². The molecular formula is C15H18ClFN2. The molecule has 0 spiro atoms. The first-order valence-electron chi connectivity index (χ1n) is 6.47. The molecule has 0 radical (unpaired) electrons. The quantitative estimate of drug-likeness (QED) is 0.764. The molecule has 0 fully saturated rings. The second-order valence-electron chi connectivity index (χ2n) is 4.68. The smallest absolute Gasteiger partial charge is 0.126 e. The van der Waals surface area contributed by atoms with Crippen molar-refractivity contribution in [3.8, 4) is 0 Å². The molecule has 1 atom stereocenters. The highest BCUT2D eigenvalue weighted by Crippen LogP contribution is 2.25. The maximum atomic E-state index is 13.8. The highest BCUT2D eigenvalue weighted by atomic mass is 35.5. The summed E-state index contributed by atoms with van der Waals surface area (Å²) in [7, 11) is 1.92. The lowest BCUT2D eigenvalue weighted by molar-refractivity contribution is 0.579. The predicted octanol–water partition coefficient (Wildman–Crippen LogP) is 3.69. The van der Waals surface area contributed by atoms with Crippen LogP contribution in [0.2, 0.25) is 0 Å². The van der Waals surface area contributed by atoms with E-state index in [1.54, 1.807) is 12.1 Å². The largest absolute Gasteiger partial charge is 0.272 e. The van der Waals surface area contributed by atoms with Gasteiger partial charge in [-0.2, -0.15) is 5.10 Å². The minimum Gasteiger partial charge on any atom is -0.272 e. The topological polar surface area (TPSA) is 17.8 Å². The first-order valence-corrected chi connectivity index (χ1v) is 7.01. The van der Waals surface area contributed by atoms with Crippen molar-refractivity contribution >= 4 is 11.6 Å². The van der Waals surface area contributed by atoms with Crippen molar-refractivity contribution in [3.05, 3.63) is 53.1 Å². The van der Waals surface area contributed by atoms with Gasteiger partial charge in [-0.15, -0.1) is 11.6 Å². The van der Waals surface area contributed by atoms with E-state index in [0.717, 1.165) is 17.8 Å². The van der Waals surface area contributed by atoms with Crippen molar-refractivity contribution in [2.75, 3.05) is 5.88 Å². The minimum atomic E-state index is -0.189. The maximum absolute atomic E-state index is 13.8. The van der Waals surface area contributed by atoms with Gasteiger partial charge in [0.15, 0.2) is 0 Å². The van der Waals surface area contributed by atoms with Gasteiger partial charge in [0.05, 0.1) is 5.69 Å². The average molecular weight is 281 g/mol. The van der Waals surface area contributed by atoms with Gasteiger partial charge in [-0.05, 0) is 30.5 Å². The predicted molar refractivity (Wildman–Crippen MR) is 76.2 cm³/mol. The fourth-order valence-corrected chi connectivity index (χ4v) is 2.52. The van der Waals surface area contributed by atoms with Crippen molar-refractivity contribution in [1.29, 1.82) is 0 Å². The van der Waals surface area contributed by atoms with Gasteiger partial charge < -0.3 is 0 Å². The SMILES string of the molecule is CCc1cc(CC(CCl)c2ccccc2F)n(C)n1. The summed E-state index contributed by atoms with van der Waals surface area (Å²) in [5.41, 5.74) is 2.82. The molecule has 102 valence electrons. The van der Waals surface area contributed by atoms with Gasteiger partial charge in [-0.25, -0.2) is 4.39 Å². The van der Waals surface area contributed by atoms with Crippen LogP contribution in [-0.4, -0.2) is 15.7 Å². The van der Waals surface area contributed by atoms with Gasteiger partial charge in [0.1, 0.15) is 5.82 Å². The summed E-state index contributed by atoms with van der Waals surface area (Å²) >= 11 is 6.02. The van der Waals surface area contributed by atoms with E-state index < -0.39 is 0 Å². The van der Waals surface area contributed by atoms with Gasteiger partial charge in [-0.1, -0.05) is 25.1 Å². The molecule has 4 heteroatoms. The molecule has 1 aromatic carbocycles. The fourth-order valence-electron chi connectivity index (χ4n) is 2.24. The Kier molecular flexibility index (Phi) is 4.59. The number of nitrogens with zero attached hydrogens (tertiary/aromatic N) is 2. The van der Waals surface area contributed by atoms with Crippen LogP contribution in [0.5, 0.6) is 0 Å². The molecule has 2 nitrogen and oxygen atoms in total. The summed E-state index contributed by atoms with van der Waals surface area (Å²) in [6.07, 6.45) is 1.60. The summed E-state index contributed by atoms with van der Waals surface area (Å²) in [4.78, 5) is 0. The van der Waals surface area contributed by atoms with Crippen LogP contribution in [0.3, 0.4) is 0 Å². The lowest BCUT2D eigenvalue weighted by Gasteiger charge is -2.15. The van der Waals surface area contributed by atoms with Crippen molar-refractivity contribution in [3.63, 3.8) is 0 Å². The molecule has 0 aliphatic rings. The molecule has 19 heavy (non-hydrogen) atoms. The Balaban J connectivity index is 2.24. The van der Waals surface area contributed by atoms with E-state index in [1.165, 1.54) is 6.07 Å². The molecule has 2 aromatic rings. The number of aromatic nitrogens is 2. The Morgan fingerprint density at radius 3 is 2.68 bits per heavy atom. The molecule has 0 bridgehead atoms. The van der Waals surface area contributed by atoms with Crippen LogP contribution in [0.15, 0.2) is 30.3 Å². The minimum absolute atomic E-state index is 0.0250. The van der Waals surface area contributed by atoms with Gasteiger partial charge in [0, 0.05) is 24.5 Å². The third-order valence-electron chi connectivity index (χ3n) is 3.38. The highest BCUT2D eigenvalue weighted by molar-refractivity contribution is 6.18. The molecule has 1 heterocycles. The normalized spacial score (nSPS) is 12.6. The van der Waals surface area contributed by atoms with Crippen molar-refractivity contribution < 1.29 is 4.39 Å². The van der Waals surface area contributed by atoms with Crippen LogP contribution in [0.1, 0.15) is 29.8 Å². The van der Waals surface area contributed by atoms with E-state index in [9.17, 15) is 4.39 Å². The van der Waals surface area contributed by atoms with Crippen LogP contribution in [0.25, 0.3) is 0 Å². The molecule has 0 aliphatic carbocycles. The van der Waals surface area contributed by atoms with Crippen LogP contribution in [0.4, 0.5) is 4.39 Å². The first kappa shape index (κ1) is 14.1. The molecule has 0 saturated heterocycles. The van der Waals surface area contributed by atoms with Gasteiger partial charge in [0.25, 0.3) is 0 Å². The van der Waals surface area contributed by atoms with Gasteiger partial charge in [0.2, 0.25) is 0 Å². The number of hydrogen-bond donors (Lipinski definition) is 0. The van der Waals surface area contributed by atoms with Crippen LogP contribution < -0.4 is 0 Å². The number of halogens is 2. The standard InChI is InChI=1S/C15H18ClFN2/c1-3-12-9-13(19(2)18-12)8-11(10-16)14-6-4-5-7-15(14)17/h4-7,9,11H,3,8,10H2,1-2H3. The van der Waals surface area contributed by atoms with E-state index in [0.29, 0.717) is 17.9 Å². The number of alkyl halides is 1. The number of rotatable bonds is 5. The van der Waals surface area contributed by atoms with E-state index in [1.807, 2.05) is 17.8 Å². The molecule has 0 aliphatic heterocycles. The van der Waals surface area contributed by atoms with Crippen molar-refractivity contribution in [1.82, 2.24) is 9.78 Å². The van der Waals surface area contributed by atoms with Gasteiger partial charge >= 0.3 is 0 Å². The molecule has 1 aromatic heterocycles. The van der Waals surface area contributed by atoms with Crippen LogP contribution in [0, 0.1) is 5.82 Å². The summed E-state index contributed by atoms with van der Waals surface area (Å²) in [5, 5.41) is 4.41. The number of aryl methyl sites for hydroxylation is 2. The zero-order valence-corrected chi connectivity index (χ0v) is 12.0. The van der Waals surface area contributed by atoms with E-state index >= 15 is 0 Å². The Hall–Kier alpha value is -1.35. The lowest BCUT2D eigenvalue weighted by Crippen LogP contribution is -2.10. The Labute approximate surface area is 118 Å². The Bertz CT molecular complexity index is 551. The summed E-state index contributed by atoms with van der Waals surface area (Å²) in [5.74, 6) is 0.183. The maximum Gasteiger partial charge on any atom is 0.126 e. The summed E-state index contributed by atoms with van der Waals surface area (Å²) in [6.45, 7) is 2.07. The number of hydrogen-bond acceptors (Lipinski definition) is 1. The fraction of sp³-hybridized carbons (Fsp3) is 0.400. The first-order chi connectivity index (χ1) is 9.15. The molecule has 0 saturated carbocycles. The summed E-state index contributed by atoms with van der Waals surface area (Å²) < 4.78 is 15.7. The molecule has 0 amide bonds. The summed E-state index contributed by atoms with van der Waals surface area (Å²) in [6, 6.07) is 8.90. The molecule has 0 N–H and O–H groups in total. The second-order valence-corrected chi connectivity index (χ2v) is 4.99. The van der Waals surface area contributed by atoms with E-state index in [4.69, 9.17) is 11.6 Å². The van der Waals surface area contributed by atoms with Crippen LogP contribution in [-0.2, 0) is 19.9 Å². The van der Waals surface area contributed by atoms with Gasteiger partial charge in [-0.3, -0.25) is 4.68 Å². The number of benzene rings is 1.